The monoisotopic (exact) mass is 250 g/mol. The van der Waals surface area contributed by atoms with Crippen molar-refractivity contribution in [2.24, 2.45) is 0 Å². The molecule has 0 bridgehead atoms. The molecule has 0 amide bonds. The van der Waals surface area contributed by atoms with Gasteiger partial charge < -0.3 is 9.16 Å². The molecule has 0 radical (unpaired) electrons. The molecule has 1 aromatic carbocycles. The molecular formula is C14H22O2Si. The summed E-state index contributed by atoms with van der Waals surface area (Å²) in [5.74, 6) is 0.941. The lowest BCUT2D eigenvalue weighted by Gasteiger charge is -2.22. The van der Waals surface area contributed by atoms with E-state index in [1.807, 2.05) is 30.3 Å². The summed E-state index contributed by atoms with van der Waals surface area (Å²) in [4.78, 5) is 0. The number of benzene rings is 1. The first-order valence-electron chi connectivity index (χ1n) is 6.13. The van der Waals surface area contributed by atoms with Crippen molar-refractivity contribution in [2.45, 2.75) is 32.0 Å². The van der Waals surface area contributed by atoms with E-state index >= 15 is 0 Å². The lowest BCUT2D eigenvalue weighted by atomic mass is 10.2. The van der Waals surface area contributed by atoms with E-state index in [-0.39, 0.29) is 5.73 Å². The van der Waals surface area contributed by atoms with Crippen molar-refractivity contribution < 1.29 is 9.16 Å². The van der Waals surface area contributed by atoms with E-state index in [1.54, 1.807) is 7.11 Å². The fourth-order valence-corrected chi connectivity index (χ4v) is 3.86. The maximum atomic E-state index is 6.12. The number of methoxy groups -OCH3 is 1. The van der Waals surface area contributed by atoms with Gasteiger partial charge in [-0.05, 0) is 30.7 Å². The molecule has 2 nitrogen and oxygen atoms in total. The minimum absolute atomic E-state index is 0.238. The van der Waals surface area contributed by atoms with Crippen LogP contribution in [0.15, 0.2) is 30.8 Å². The van der Waals surface area contributed by atoms with Crippen molar-refractivity contribution in [3.63, 3.8) is 0 Å². The van der Waals surface area contributed by atoms with Crippen LogP contribution >= 0.6 is 0 Å². The van der Waals surface area contributed by atoms with Crippen molar-refractivity contribution in [3.05, 3.63) is 36.4 Å². The van der Waals surface area contributed by atoms with Gasteiger partial charge in [-0.25, -0.2) is 0 Å². The van der Waals surface area contributed by atoms with Crippen LogP contribution in [0.25, 0.3) is 6.08 Å². The predicted molar refractivity (Wildman–Crippen MR) is 75.9 cm³/mol. The van der Waals surface area contributed by atoms with Crippen LogP contribution in [0.5, 0.6) is 5.75 Å². The highest BCUT2D eigenvalue weighted by atomic mass is 28.3. The van der Waals surface area contributed by atoms with Gasteiger partial charge in [0.25, 0.3) is 9.04 Å². The summed E-state index contributed by atoms with van der Waals surface area (Å²) in [7, 11) is 0.411. The summed E-state index contributed by atoms with van der Waals surface area (Å²) >= 11 is 0. The van der Waals surface area contributed by atoms with Crippen LogP contribution in [0.4, 0.5) is 0 Å². The zero-order chi connectivity index (χ0) is 12.7. The van der Waals surface area contributed by atoms with Crippen LogP contribution in [0.2, 0.25) is 6.04 Å². The SMILES string of the molecule is C=Cc1cccc(O[SiH](CCC)C(C)OC)c1. The van der Waals surface area contributed by atoms with Gasteiger partial charge in [0.1, 0.15) is 5.75 Å². The second-order valence-corrected chi connectivity index (χ2v) is 6.99. The van der Waals surface area contributed by atoms with Crippen LogP contribution in [0, 0.1) is 0 Å². The second kappa shape index (κ2) is 7.30. The fourth-order valence-electron chi connectivity index (χ4n) is 1.72. The molecule has 0 aliphatic heterocycles. The lowest BCUT2D eigenvalue weighted by molar-refractivity contribution is 0.164. The van der Waals surface area contributed by atoms with Crippen molar-refractivity contribution in [2.75, 3.05) is 7.11 Å². The van der Waals surface area contributed by atoms with Crippen LogP contribution in [0.1, 0.15) is 25.8 Å². The third-order valence-corrected chi connectivity index (χ3v) is 5.89. The van der Waals surface area contributed by atoms with Gasteiger partial charge in [-0.3, -0.25) is 0 Å². The average Bonchev–Trinajstić information content (AvgIpc) is 2.37. The molecule has 2 unspecified atom stereocenters. The molecule has 0 saturated heterocycles. The van der Waals surface area contributed by atoms with Gasteiger partial charge >= 0.3 is 0 Å². The van der Waals surface area contributed by atoms with Crippen LogP contribution in [-0.4, -0.2) is 21.9 Å². The Labute approximate surface area is 106 Å². The molecule has 1 aromatic rings. The molecule has 94 valence electrons. The summed E-state index contributed by atoms with van der Waals surface area (Å²) in [5, 5.41) is 0. The molecule has 0 aromatic heterocycles. The molecule has 1 rings (SSSR count). The van der Waals surface area contributed by atoms with Gasteiger partial charge in [0.05, 0.1) is 5.73 Å². The topological polar surface area (TPSA) is 18.5 Å². The van der Waals surface area contributed by atoms with Gasteiger partial charge in [0.15, 0.2) is 0 Å². The Morgan fingerprint density at radius 2 is 2.24 bits per heavy atom. The third kappa shape index (κ3) is 4.36. The van der Waals surface area contributed by atoms with Gasteiger partial charge in [-0.1, -0.05) is 38.1 Å². The molecule has 2 atom stereocenters. The molecule has 0 heterocycles. The van der Waals surface area contributed by atoms with Crippen LogP contribution in [0.3, 0.4) is 0 Å². The quantitative estimate of drug-likeness (QED) is 0.690. The van der Waals surface area contributed by atoms with E-state index < -0.39 is 9.04 Å². The van der Waals surface area contributed by atoms with E-state index in [1.165, 1.54) is 0 Å². The lowest BCUT2D eigenvalue weighted by Crippen LogP contribution is -2.36. The highest BCUT2D eigenvalue weighted by molar-refractivity contribution is 6.54. The Kier molecular flexibility index (Phi) is 6.01. The van der Waals surface area contributed by atoms with Gasteiger partial charge in [-0.2, -0.15) is 0 Å². The molecule has 0 aliphatic carbocycles. The minimum Gasteiger partial charge on any atom is -0.544 e. The van der Waals surface area contributed by atoms with E-state index in [2.05, 4.69) is 20.4 Å². The first-order valence-corrected chi connectivity index (χ1v) is 8.08. The van der Waals surface area contributed by atoms with Crippen molar-refractivity contribution in [1.29, 1.82) is 0 Å². The largest absolute Gasteiger partial charge is 0.544 e. The number of hydrogen-bond acceptors (Lipinski definition) is 2. The summed E-state index contributed by atoms with van der Waals surface area (Å²) in [5.41, 5.74) is 1.33. The van der Waals surface area contributed by atoms with E-state index in [9.17, 15) is 0 Å². The minimum atomic E-state index is -1.34. The Morgan fingerprint density at radius 1 is 1.47 bits per heavy atom. The van der Waals surface area contributed by atoms with Crippen LogP contribution < -0.4 is 4.43 Å². The molecule has 3 heteroatoms. The number of rotatable bonds is 7. The van der Waals surface area contributed by atoms with Crippen LogP contribution in [-0.2, 0) is 4.74 Å². The first kappa shape index (κ1) is 14.0. The number of ether oxygens (including phenoxy) is 1. The van der Waals surface area contributed by atoms with E-state index in [0.717, 1.165) is 23.8 Å². The Balaban J connectivity index is 2.74. The maximum Gasteiger partial charge on any atom is 0.263 e. The standard InChI is InChI=1S/C14H22O2Si/c1-5-10-17(12(3)15-4)16-14-9-7-8-13(6-2)11-14/h6-9,11-12,17H,2,5,10H2,1,3-4H3. The summed E-state index contributed by atoms with van der Waals surface area (Å²) in [6, 6.07) is 9.20. The van der Waals surface area contributed by atoms with Gasteiger partial charge in [0.2, 0.25) is 0 Å². The van der Waals surface area contributed by atoms with Crippen molar-refractivity contribution >= 4 is 15.1 Å². The Hall–Kier alpha value is -1.06. The first-order chi connectivity index (χ1) is 8.21. The summed E-state index contributed by atoms with van der Waals surface area (Å²) in [6.45, 7) is 8.06. The normalized spacial score (nSPS) is 14.1. The highest BCUT2D eigenvalue weighted by Crippen LogP contribution is 2.18. The molecule has 0 saturated carbocycles. The second-order valence-electron chi connectivity index (χ2n) is 4.16. The molecule has 17 heavy (non-hydrogen) atoms. The fraction of sp³-hybridized carbons (Fsp3) is 0.429. The van der Waals surface area contributed by atoms with Crippen molar-refractivity contribution in [3.8, 4) is 5.75 Å². The smallest absolute Gasteiger partial charge is 0.263 e. The molecule has 0 spiro atoms. The van der Waals surface area contributed by atoms with E-state index in [0.29, 0.717) is 0 Å². The molecular weight excluding hydrogens is 228 g/mol. The predicted octanol–water partition coefficient (Wildman–Crippen LogP) is 3.42. The summed E-state index contributed by atoms with van der Waals surface area (Å²) < 4.78 is 11.5. The zero-order valence-corrected chi connectivity index (χ0v) is 12.1. The van der Waals surface area contributed by atoms with Crippen molar-refractivity contribution in [1.82, 2.24) is 0 Å². The molecule has 0 aliphatic rings. The van der Waals surface area contributed by atoms with E-state index in [4.69, 9.17) is 9.16 Å². The average molecular weight is 250 g/mol. The summed E-state index contributed by atoms with van der Waals surface area (Å²) in [6.07, 6.45) is 2.98. The van der Waals surface area contributed by atoms with Gasteiger partial charge in [-0.15, -0.1) is 0 Å². The maximum absolute atomic E-state index is 6.12. The molecule has 0 fully saturated rings. The Morgan fingerprint density at radius 3 is 2.82 bits per heavy atom. The highest BCUT2D eigenvalue weighted by Gasteiger charge is 2.21. The zero-order valence-electron chi connectivity index (χ0n) is 11.0. The third-order valence-electron chi connectivity index (χ3n) is 2.85. The van der Waals surface area contributed by atoms with Gasteiger partial charge in [0, 0.05) is 7.11 Å². The molecule has 0 N–H and O–H groups in total. The Bertz CT molecular complexity index is 352. The number of hydrogen-bond donors (Lipinski definition) is 0.